The van der Waals surface area contributed by atoms with E-state index in [4.69, 9.17) is 5.11 Å². The van der Waals surface area contributed by atoms with Crippen LogP contribution in [-0.4, -0.2) is 22.7 Å². The maximum absolute atomic E-state index is 8.96. The number of hydrogen-bond acceptors (Lipinski definition) is 3. The predicted octanol–water partition coefficient (Wildman–Crippen LogP) is 1.70. The molecule has 4 heteroatoms. The van der Waals surface area contributed by atoms with Crippen molar-refractivity contribution in [2.75, 3.05) is 6.61 Å². The van der Waals surface area contributed by atoms with Crippen LogP contribution in [0.25, 0.3) is 0 Å². The van der Waals surface area contributed by atoms with E-state index in [1.807, 2.05) is 19.1 Å². The van der Waals surface area contributed by atoms with Gasteiger partial charge in [-0.3, -0.25) is 4.98 Å². The molecule has 1 rings (SSSR count). The zero-order valence-corrected chi connectivity index (χ0v) is 9.79. The van der Waals surface area contributed by atoms with E-state index < -0.39 is 0 Å². The van der Waals surface area contributed by atoms with Crippen molar-refractivity contribution in [3.05, 3.63) is 28.5 Å². The van der Waals surface area contributed by atoms with Crippen LogP contribution in [0.5, 0.6) is 0 Å². The smallest absolute Gasteiger partial charge is 0.0584 e. The largest absolute Gasteiger partial charge is 0.395 e. The molecule has 2 N–H and O–H groups in total. The Hall–Kier alpha value is -0.450. The van der Waals surface area contributed by atoms with Crippen molar-refractivity contribution in [3.8, 4) is 0 Å². The van der Waals surface area contributed by atoms with E-state index in [1.165, 1.54) is 0 Å². The zero-order chi connectivity index (χ0) is 10.4. The molecule has 0 aliphatic rings. The van der Waals surface area contributed by atoms with Crippen LogP contribution >= 0.6 is 15.9 Å². The van der Waals surface area contributed by atoms with Gasteiger partial charge in [-0.25, -0.2) is 0 Å². The highest BCUT2D eigenvalue weighted by atomic mass is 79.9. The van der Waals surface area contributed by atoms with Gasteiger partial charge in [-0.1, -0.05) is 6.92 Å². The van der Waals surface area contributed by atoms with Crippen molar-refractivity contribution in [1.29, 1.82) is 0 Å². The van der Waals surface area contributed by atoms with E-state index in [-0.39, 0.29) is 12.6 Å². The summed E-state index contributed by atoms with van der Waals surface area (Å²) in [6, 6.07) is 4.09. The molecule has 1 atom stereocenters. The maximum Gasteiger partial charge on any atom is 0.0584 e. The summed E-state index contributed by atoms with van der Waals surface area (Å²) in [6.07, 6.45) is 2.70. The molecule has 0 saturated carbocycles. The van der Waals surface area contributed by atoms with Crippen molar-refractivity contribution >= 4 is 15.9 Å². The summed E-state index contributed by atoms with van der Waals surface area (Å²) in [7, 11) is 0. The van der Waals surface area contributed by atoms with Gasteiger partial charge >= 0.3 is 0 Å². The lowest BCUT2D eigenvalue weighted by molar-refractivity contribution is 0.238. The van der Waals surface area contributed by atoms with Gasteiger partial charge in [-0.2, -0.15) is 0 Å². The molecule has 3 nitrogen and oxygen atoms in total. The van der Waals surface area contributed by atoms with Crippen molar-refractivity contribution in [2.24, 2.45) is 0 Å². The topological polar surface area (TPSA) is 45.1 Å². The summed E-state index contributed by atoms with van der Waals surface area (Å²) in [5, 5.41) is 12.2. The Morgan fingerprint density at radius 1 is 1.57 bits per heavy atom. The first-order valence-corrected chi connectivity index (χ1v) is 5.50. The second kappa shape index (κ2) is 6.11. The Morgan fingerprint density at radius 2 is 2.36 bits per heavy atom. The van der Waals surface area contributed by atoms with Gasteiger partial charge in [-0.05, 0) is 34.5 Å². The molecule has 1 heterocycles. The summed E-state index contributed by atoms with van der Waals surface area (Å²) in [5.74, 6) is 0. The average Bonchev–Trinajstić information content (AvgIpc) is 2.22. The fourth-order valence-electron chi connectivity index (χ4n) is 1.10. The summed E-state index contributed by atoms with van der Waals surface area (Å²) < 4.78 is 0.982. The number of halogens is 1. The third-order valence-corrected chi connectivity index (χ3v) is 2.54. The SMILES string of the molecule is CC[C@H](CO)NCc1ccc(Br)cn1. The number of hydrogen-bond donors (Lipinski definition) is 2. The monoisotopic (exact) mass is 258 g/mol. The van der Waals surface area contributed by atoms with Gasteiger partial charge in [0, 0.05) is 23.3 Å². The number of aromatic nitrogens is 1. The number of pyridine rings is 1. The predicted molar refractivity (Wildman–Crippen MR) is 59.9 cm³/mol. The van der Waals surface area contributed by atoms with E-state index in [1.54, 1.807) is 6.20 Å². The van der Waals surface area contributed by atoms with E-state index in [9.17, 15) is 0 Å². The molecule has 1 aromatic rings. The van der Waals surface area contributed by atoms with Crippen molar-refractivity contribution in [3.63, 3.8) is 0 Å². The minimum Gasteiger partial charge on any atom is -0.395 e. The first kappa shape index (κ1) is 11.6. The van der Waals surface area contributed by atoms with Crippen molar-refractivity contribution < 1.29 is 5.11 Å². The minimum atomic E-state index is 0.167. The highest BCUT2D eigenvalue weighted by molar-refractivity contribution is 9.10. The van der Waals surface area contributed by atoms with Crippen LogP contribution in [0.15, 0.2) is 22.8 Å². The molecule has 0 saturated heterocycles. The Balaban J connectivity index is 2.41. The van der Waals surface area contributed by atoms with Gasteiger partial charge in [0.25, 0.3) is 0 Å². The van der Waals surface area contributed by atoms with Gasteiger partial charge in [-0.15, -0.1) is 0 Å². The number of aliphatic hydroxyl groups is 1. The lowest BCUT2D eigenvalue weighted by Crippen LogP contribution is -2.31. The lowest BCUT2D eigenvalue weighted by Gasteiger charge is -2.13. The first-order chi connectivity index (χ1) is 6.76. The van der Waals surface area contributed by atoms with Crippen LogP contribution in [0.3, 0.4) is 0 Å². The molecule has 1 aromatic heterocycles. The summed E-state index contributed by atoms with van der Waals surface area (Å²) >= 11 is 3.33. The van der Waals surface area contributed by atoms with E-state index >= 15 is 0 Å². The summed E-state index contributed by atoms with van der Waals surface area (Å²) in [4.78, 5) is 4.23. The van der Waals surface area contributed by atoms with Gasteiger partial charge in [0.2, 0.25) is 0 Å². The quantitative estimate of drug-likeness (QED) is 0.846. The van der Waals surface area contributed by atoms with Crippen LogP contribution in [0.2, 0.25) is 0 Å². The third kappa shape index (κ3) is 3.74. The molecule has 14 heavy (non-hydrogen) atoms. The Bertz CT molecular complexity index is 259. The summed E-state index contributed by atoms with van der Waals surface area (Å²) in [6.45, 7) is 2.92. The summed E-state index contributed by atoms with van der Waals surface area (Å²) in [5.41, 5.74) is 0.986. The Kier molecular flexibility index (Phi) is 5.07. The molecule has 78 valence electrons. The number of aliphatic hydroxyl groups excluding tert-OH is 1. The Labute approximate surface area is 92.7 Å². The molecule has 0 fully saturated rings. The highest BCUT2D eigenvalue weighted by Gasteiger charge is 2.03. The van der Waals surface area contributed by atoms with Crippen molar-refractivity contribution in [2.45, 2.75) is 25.9 Å². The second-order valence-electron chi connectivity index (χ2n) is 3.14. The molecular formula is C10H15BrN2O. The maximum atomic E-state index is 8.96. The van der Waals surface area contributed by atoms with Gasteiger partial charge in [0.1, 0.15) is 0 Å². The molecule has 0 radical (unpaired) electrons. The lowest BCUT2D eigenvalue weighted by atomic mass is 10.2. The number of rotatable bonds is 5. The molecule has 0 aliphatic carbocycles. The fraction of sp³-hybridized carbons (Fsp3) is 0.500. The van der Waals surface area contributed by atoms with Crippen LogP contribution in [0.1, 0.15) is 19.0 Å². The standard InChI is InChI=1S/C10H15BrN2O/c1-2-9(7-14)13-6-10-4-3-8(11)5-12-10/h3-5,9,13-14H,2,6-7H2,1H3/t9-/m1/s1. The molecule has 0 aliphatic heterocycles. The van der Waals surface area contributed by atoms with E-state index in [0.29, 0.717) is 6.54 Å². The van der Waals surface area contributed by atoms with Gasteiger partial charge < -0.3 is 10.4 Å². The van der Waals surface area contributed by atoms with E-state index in [2.05, 4.69) is 26.2 Å². The van der Waals surface area contributed by atoms with Crippen LogP contribution in [-0.2, 0) is 6.54 Å². The molecule has 0 unspecified atom stereocenters. The molecular weight excluding hydrogens is 244 g/mol. The normalized spacial score (nSPS) is 12.8. The van der Waals surface area contributed by atoms with Crippen molar-refractivity contribution in [1.82, 2.24) is 10.3 Å². The highest BCUT2D eigenvalue weighted by Crippen LogP contribution is 2.07. The molecule has 0 amide bonds. The average molecular weight is 259 g/mol. The number of nitrogens with zero attached hydrogens (tertiary/aromatic N) is 1. The molecule has 0 aromatic carbocycles. The minimum absolute atomic E-state index is 0.167. The van der Waals surface area contributed by atoms with E-state index in [0.717, 1.165) is 16.6 Å². The third-order valence-electron chi connectivity index (χ3n) is 2.07. The van der Waals surface area contributed by atoms with Crippen LogP contribution in [0, 0.1) is 0 Å². The first-order valence-electron chi connectivity index (χ1n) is 4.71. The van der Waals surface area contributed by atoms with Crippen LogP contribution < -0.4 is 5.32 Å². The number of nitrogens with one attached hydrogen (secondary N) is 1. The molecule has 0 bridgehead atoms. The molecule has 0 spiro atoms. The fourth-order valence-corrected chi connectivity index (χ4v) is 1.33. The van der Waals surface area contributed by atoms with Crippen LogP contribution in [0.4, 0.5) is 0 Å². The Morgan fingerprint density at radius 3 is 2.86 bits per heavy atom. The second-order valence-corrected chi connectivity index (χ2v) is 4.05. The zero-order valence-electron chi connectivity index (χ0n) is 8.20. The van der Waals surface area contributed by atoms with Gasteiger partial charge in [0.05, 0.1) is 12.3 Å². The van der Waals surface area contributed by atoms with Gasteiger partial charge in [0.15, 0.2) is 0 Å².